The summed E-state index contributed by atoms with van der Waals surface area (Å²) in [5.41, 5.74) is 2.49. The van der Waals surface area contributed by atoms with E-state index in [0.29, 0.717) is 6.04 Å². The van der Waals surface area contributed by atoms with Crippen molar-refractivity contribution in [3.63, 3.8) is 0 Å². The van der Waals surface area contributed by atoms with Crippen molar-refractivity contribution in [2.45, 2.75) is 51.6 Å². The van der Waals surface area contributed by atoms with E-state index in [1.165, 1.54) is 36.9 Å². The van der Waals surface area contributed by atoms with Crippen LogP contribution in [-0.2, 0) is 4.74 Å². The number of hydrogen-bond donors (Lipinski definition) is 0. The molecule has 4 nitrogen and oxygen atoms in total. The molecular formula is C15H25N3O. The molecule has 0 aromatic carbocycles. The van der Waals surface area contributed by atoms with Crippen molar-refractivity contribution in [2.75, 3.05) is 26.3 Å². The zero-order chi connectivity index (χ0) is 13.2. The van der Waals surface area contributed by atoms with Crippen LogP contribution >= 0.6 is 0 Å². The first-order chi connectivity index (χ1) is 9.24. The molecule has 0 bridgehead atoms. The highest BCUT2D eigenvalue weighted by Crippen LogP contribution is 2.31. The average molecular weight is 263 g/mol. The summed E-state index contributed by atoms with van der Waals surface area (Å²) in [6, 6.07) is 1.39. The fourth-order valence-electron chi connectivity index (χ4n) is 3.39. The first-order valence-electron chi connectivity index (χ1n) is 7.58. The van der Waals surface area contributed by atoms with Gasteiger partial charge in [-0.2, -0.15) is 5.10 Å². The van der Waals surface area contributed by atoms with Gasteiger partial charge in [-0.25, -0.2) is 0 Å². The van der Waals surface area contributed by atoms with Crippen LogP contribution in [0.25, 0.3) is 0 Å². The van der Waals surface area contributed by atoms with E-state index in [0.717, 1.165) is 32.3 Å². The highest BCUT2D eigenvalue weighted by atomic mass is 16.5. The van der Waals surface area contributed by atoms with Gasteiger partial charge in [0.05, 0.1) is 24.9 Å². The van der Waals surface area contributed by atoms with Crippen molar-refractivity contribution in [1.29, 1.82) is 0 Å². The zero-order valence-corrected chi connectivity index (χ0v) is 12.1. The lowest BCUT2D eigenvalue weighted by atomic mass is 9.90. The maximum absolute atomic E-state index is 5.44. The van der Waals surface area contributed by atoms with Crippen LogP contribution in [0.1, 0.15) is 43.0 Å². The molecule has 1 aliphatic heterocycles. The summed E-state index contributed by atoms with van der Waals surface area (Å²) in [6.07, 6.45) is 7.37. The molecule has 0 N–H and O–H groups in total. The molecule has 2 aliphatic rings. The van der Waals surface area contributed by atoms with E-state index < -0.39 is 0 Å². The predicted molar refractivity (Wildman–Crippen MR) is 75.4 cm³/mol. The number of rotatable bonds is 2. The Morgan fingerprint density at radius 3 is 2.26 bits per heavy atom. The Morgan fingerprint density at radius 1 is 1.05 bits per heavy atom. The van der Waals surface area contributed by atoms with Crippen LogP contribution in [0, 0.1) is 13.8 Å². The molecular weight excluding hydrogens is 238 g/mol. The Labute approximate surface area is 115 Å². The molecule has 4 heteroatoms. The first-order valence-corrected chi connectivity index (χ1v) is 7.58. The molecule has 1 saturated carbocycles. The van der Waals surface area contributed by atoms with Gasteiger partial charge in [0, 0.05) is 25.3 Å². The minimum absolute atomic E-state index is 0.615. The molecule has 3 rings (SSSR count). The Kier molecular flexibility index (Phi) is 3.89. The number of hydrogen-bond acceptors (Lipinski definition) is 3. The predicted octanol–water partition coefficient (Wildman–Crippen LogP) is 2.32. The lowest BCUT2D eigenvalue weighted by Gasteiger charge is -2.38. The molecule has 1 aromatic rings. The van der Waals surface area contributed by atoms with Gasteiger partial charge in [0.1, 0.15) is 0 Å². The Balaban J connectivity index is 1.56. The Hall–Kier alpha value is -0.870. The van der Waals surface area contributed by atoms with Crippen molar-refractivity contribution in [2.24, 2.45) is 0 Å². The van der Waals surface area contributed by atoms with E-state index in [1.807, 2.05) is 0 Å². The van der Waals surface area contributed by atoms with Gasteiger partial charge in [-0.05, 0) is 45.1 Å². The van der Waals surface area contributed by atoms with Crippen molar-refractivity contribution in [1.82, 2.24) is 14.7 Å². The molecule has 106 valence electrons. The number of nitrogens with zero attached hydrogens (tertiary/aromatic N) is 3. The Morgan fingerprint density at radius 2 is 1.68 bits per heavy atom. The summed E-state index contributed by atoms with van der Waals surface area (Å²) in [6.45, 7) is 8.32. The quantitative estimate of drug-likeness (QED) is 0.820. The molecule has 1 aromatic heterocycles. The number of aromatic nitrogens is 2. The largest absolute Gasteiger partial charge is 0.379 e. The standard InChI is InChI=1S/C15H25N3O/c1-12-11-18(16-13(12)2)15-5-3-14(4-6-15)17-7-9-19-10-8-17/h11,14-15H,3-10H2,1-2H3. The lowest BCUT2D eigenvalue weighted by Crippen LogP contribution is -2.45. The van der Waals surface area contributed by atoms with E-state index in [1.54, 1.807) is 0 Å². The SMILES string of the molecule is Cc1cn(C2CCC(N3CCOCC3)CC2)nc1C. The summed E-state index contributed by atoms with van der Waals surface area (Å²) in [5, 5.41) is 4.65. The topological polar surface area (TPSA) is 30.3 Å². The molecule has 0 atom stereocenters. The molecule has 0 amide bonds. The van der Waals surface area contributed by atoms with E-state index in [-0.39, 0.29) is 0 Å². The second-order valence-corrected chi connectivity index (χ2v) is 5.99. The summed E-state index contributed by atoms with van der Waals surface area (Å²) in [7, 11) is 0. The van der Waals surface area contributed by atoms with Crippen molar-refractivity contribution in [3.05, 3.63) is 17.5 Å². The molecule has 0 unspecified atom stereocenters. The van der Waals surface area contributed by atoms with Crippen LogP contribution in [0.5, 0.6) is 0 Å². The molecule has 1 aliphatic carbocycles. The van der Waals surface area contributed by atoms with Crippen molar-refractivity contribution >= 4 is 0 Å². The van der Waals surface area contributed by atoms with Gasteiger partial charge in [0.2, 0.25) is 0 Å². The summed E-state index contributed by atoms with van der Waals surface area (Å²) in [5.74, 6) is 0. The zero-order valence-electron chi connectivity index (χ0n) is 12.1. The highest BCUT2D eigenvalue weighted by molar-refractivity contribution is 5.13. The monoisotopic (exact) mass is 263 g/mol. The molecule has 0 radical (unpaired) electrons. The number of ether oxygens (including phenoxy) is 1. The third-order valence-corrected chi connectivity index (χ3v) is 4.76. The minimum Gasteiger partial charge on any atom is -0.379 e. The number of morpholine rings is 1. The van der Waals surface area contributed by atoms with Crippen LogP contribution in [0.15, 0.2) is 6.20 Å². The van der Waals surface area contributed by atoms with Gasteiger partial charge in [0.15, 0.2) is 0 Å². The van der Waals surface area contributed by atoms with Gasteiger partial charge in [0.25, 0.3) is 0 Å². The second-order valence-electron chi connectivity index (χ2n) is 5.99. The summed E-state index contributed by atoms with van der Waals surface area (Å²) >= 11 is 0. The third-order valence-electron chi connectivity index (χ3n) is 4.76. The fourth-order valence-corrected chi connectivity index (χ4v) is 3.39. The molecule has 19 heavy (non-hydrogen) atoms. The van der Waals surface area contributed by atoms with E-state index in [4.69, 9.17) is 4.74 Å². The maximum atomic E-state index is 5.44. The van der Waals surface area contributed by atoms with Gasteiger partial charge in [-0.1, -0.05) is 0 Å². The average Bonchev–Trinajstić information content (AvgIpc) is 2.80. The second kappa shape index (κ2) is 5.63. The van der Waals surface area contributed by atoms with Gasteiger partial charge >= 0.3 is 0 Å². The van der Waals surface area contributed by atoms with Crippen LogP contribution in [-0.4, -0.2) is 47.0 Å². The molecule has 0 spiro atoms. The van der Waals surface area contributed by atoms with E-state index in [2.05, 4.69) is 34.7 Å². The van der Waals surface area contributed by atoms with Gasteiger partial charge < -0.3 is 4.74 Å². The van der Waals surface area contributed by atoms with Crippen LogP contribution in [0.3, 0.4) is 0 Å². The summed E-state index contributed by atoms with van der Waals surface area (Å²) in [4.78, 5) is 2.62. The molecule has 1 saturated heterocycles. The molecule has 2 fully saturated rings. The van der Waals surface area contributed by atoms with Crippen molar-refractivity contribution in [3.8, 4) is 0 Å². The summed E-state index contributed by atoms with van der Waals surface area (Å²) < 4.78 is 7.65. The van der Waals surface area contributed by atoms with E-state index in [9.17, 15) is 0 Å². The molecule has 2 heterocycles. The van der Waals surface area contributed by atoms with E-state index >= 15 is 0 Å². The maximum Gasteiger partial charge on any atom is 0.0622 e. The first kappa shape index (κ1) is 13.1. The lowest BCUT2D eigenvalue weighted by molar-refractivity contribution is 0.00505. The Bertz CT molecular complexity index is 396. The van der Waals surface area contributed by atoms with Crippen LogP contribution < -0.4 is 0 Å². The van der Waals surface area contributed by atoms with Gasteiger partial charge in [-0.3, -0.25) is 9.58 Å². The smallest absolute Gasteiger partial charge is 0.0622 e. The van der Waals surface area contributed by atoms with Gasteiger partial charge in [-0.15, -0.1) is 0 Å². The third kappa shape index (κ3) is 2.84. The minimum atomic E-state index is 0.615. The number of aryl methyl sites for hydroxylation is 2. The van der Waals surface area contributed by atoms with Crippen LogP contribution in [0.2, 0.25) is 0 Å². The van der Waals surface area contributed by atoms with Crippen LogP contribution in [0.4, 0.5) is 0 Å². The fraction of sp³-hybridized carbons (Fsp3) is 0.800. The van der Waals surface area contributed by atoms with Crippen molar-refractivity contribution < 1.29 is 4.74 Å². The normalized spacial score (nSPS) is 29.6. The highest BCUT2D eigenvalue weighted by Gasteiger charge is 2.28.